The van der Waals surface area contributed by atoms with Crippen LogP contribution in [-0.2, 0) is 11.3 Å². The number of nitrogens with one attached hydrogen (secondary N) is 1. The summed E-state index contributed by atoms with van der Waals surface area (Å²) in [4.78, 5) is 0. The summed E-state index contributed by atoms with van der Waals surface area (Å²) in [6.45, 7) is 1.76. The second kappa shape index (κ2) is 4.75. The van der Waals surface area contributed by atoms with Crippen molar-refractivity contribution in [3.05, 3.63) is 36.1 Å². The smallest absolute Gasteiger partial charge is 0.134 e. The number of benzene rings is 1. The van der Waals surface area contributed by atoms with Crippen molar-refractivity contribution in [3.8, 4) is 0 Å². The fourth-order valence-electron chi connectivity index (χ4n) is 2.62. The molecule has 1 aromatic heterocycles. The molecule has 3 rings (SSSR count). The lowest BCUT2D eigenvalue weighted by atomic mass is 9.80. The minimum absolute atomic E-state index is 0.0829. The lowest BCUT2D eigenvalue weighted by molar-refractivity contribution is -0.0695. The normalized spacial score (nSPS) is 17.8. The summed E-state index contributed by atoms with van der Waals surface area (Å²) in [6.07, 6.45) is 5.47. The fraction of sp³-hybridized carbons (Fsp3) is 0.467. The molecular formula is C15H19NO2. The average Bonchev–Trinajstić information content (AvgIpc) is 2.76. The van der Waals surface area contributed by atoms with Crippen LogP contribution in [0.2, 0.25) is 0 Å². The van der Waals surface area contributed by atoms with E-state index in [1.165, 1.54) is 30.2 Å². The molecule has 1 aromatic carbocycles. The van der Waals surface area contributed by atoms with E-state index in [4.69, 9.17) is 9.15 Å². The van der Waals surface area contributed by atoms with E-state index in [0.29, 0.717) is 0 Å². The number of methoxy groups -OCH3 is 1. The van der Waals surface area contributed by atoms with Gasteiger partial charge in [0.25, 0.3) is 0 Å². The zero-order valence-electron chi connectivity index (χ0n) is 10.7. The topological polar surface area (TPSA) is 34.4 Å². The standard InChI is InChI=1S/C15H19NO2/c1-17-15(7-4-8-15)11-16-9-12-10-18-14-6-3-2-5-13(12)14/h2-3,5-6,10,16H,4,7-9,11H2,1H3. The molecule has 96 valence electrons. The van der Waals surface area contributed by atoms with Gasteiger partial charge in [-0.3, -0.25) is 0 Å². The first-order valence-electron chi connectivity index (χ1n) is 6.54. The van der Waals surface area contributed by atoms with Crippen molar-refractivity contribution in [2.75, 3.05) is 13.7 Å². The van der Waals surface area contributed by atoms with Crippen molar-refractivity contribution in [1.29, 1.82) is 0 Å². The Balaban J connectivity index is 1.63. The predicted octanol–water partition coefficient (Wildman–Crippen LogP) is 3.09. The Morgan fingerprint density at radius 3 is 2.89 bits per heavy atom. The van der Waals surface area contributed by atoms with Crippen LogP contribution in [0.5, 0.6) is 0 Å². The summed E-state index contributed by atoms with van der Waals surface area (Å²) in [5.41, 5.74) is 2.26. The quantitative estimate of drug-likeness (QED) is 0.879. The SMILES string of the molecule is COC1(CNCc2coc3ccccc23)CCC1. The molecule has 0 radical (unpaired) electrons. The largest absolute Gasteiger partial charge is 0.464 e. The number of para-hydroxylation sites is 1. The summed E-state index contributed by atoms with van der Waals surface area (Å²) >= 11 is 0. The van der Waals surface area contributed by atoms with E-state index in [2.05, 4.69) is 11.4 Å². The van der Waals surface area contributed by atoms with Crippen LogP contribution < -0.4 is 5.32 Å². The average molecular weight is 245 g/mol. The van der Waals surface area contributed by atoms with E-state index in [-0.39, 0.29) is 5.60 Å². The highest BCUT2D eigenvalue weighted by Gasteiger charge is 2.36. The van der Waals surface area contributed by atoms with Crippen LogP contribution in [0.3, 0.4) is 0 Å². The van der Waals surface area contributed by atoms with Gasteiger partial charge in [-0.2, -0.15) is 0 Å². The monoisotopic (exact) mass is 245 g/mol. The van der Waals surface area contributed by atoms with Crippen LogP contribution in [0.1, 0.15) is 24.8 Å². The van der Waals surface area contributed by atoms with Crippen molar-refractivity contribution in [3.63, 3.8) is 0 Å². The molecule has 0 amide bonds. The van der Waals surface area contributed by atoms with Gasteiger partial charge in [-0.15, -0.1) is 0 Å². The van der Waals surface area contributed by atoms with Crippen LogP contribution in [0.15, 0.2) is 34.9 Å². The first-order chi connectivity index (χ1) is 8.83. The van der Waals surface area contributed by atoms with Crippen LogP contribution in [-0.4, -0.2) is 19.3 Å². The van der Waals surface area contributed by atoms with Crippen molar-refractivity contribution < 1.29 is 9.15 Å². The summed E-state index contributed by atoms with van der Waals surface area (Å²) < 4.78 is 11.1. The fourth-order valence-corrected chi connectivity index (χ4v) is 2.62. The highest BCUT2D eigenvalue weighted by molar-refractivity contribution is 5.80. The first kappa shape index (κ1) is 11.8. The molecule has 0 saturated heterocycles. The van der Waals surface area contributed by atoms with E-state index in [9.17, 15) is 0 Å². The maximum absolute atomic E-state index is 5.59. The van der Waals surface area contributed by atoms with Crippen LogP contribution >= 0.6 is 0 Å². The number of ether oxygens (including phenoxy) is 1. The van der Waals surface area contributed by atoms with Gasteiger partial charge in [0.15, 0.2) is 0 Å². The molecule has 3 heteroatoms. The van der Waals surface area contributed by atoms with E-state index in [0.717, 1.165) is 18.7 Å². The molecule has 2 aromatic rings. The maximum atomic E-state index is 5.59. The molecule has 1 aliphatic rings. The summed E-state index contributed by atoms with van der Waals surface area (Å²) in [6, 6.07) is 8.15. The Morgan fingerprint density at radius 1 is 1.33 bits per heavy atom. The van der Waals surface area contributed by atoms with Crippen molar-refractivity contribution in [1.82, 2.24) is 5.32 Å². The van der Waals surface area contributed by atoms with Gasteiger partial charge >= 0.3 is 0 Å². The number of hydrogen-bond acceptors (Lipinski definition) is 3. The van der Waals surface area contributed by atoms with Gasteiger partial charge in [-0.1, -0.05) is 18.2 Å². The van der Waals surface area contributed by atoms with Crippen LogP contribution in [0.25, 0.3) is 11.0 Å². The van der Waals surface area contributed by atoms with Crippen LogP contribution in [0, 0.1) is 0 Å². The Kier molecular flexibility index (Phi) is 3.10. The number of furan rings is 1. The summed E-state index contributed by atoms with van der Waals surface area (Å²) in [7, 11) is 1.81. The third-order valence-electron chi connectivity index (χ3n) is 4.02. The first-order valence-corrected chi connectivity index (χ1v) is 6.54. The molecule has 1 aliphatic carbocycles. The molecule has 0 aliphatic heterocycles. The third-order valence-corrected chi connectivity index (χ3v) is 4.02. The molecule has 1 N–H and O–H groups in total. The molecule has 1 fully saturated rings. The van der Waals surface area contributed by atoms with Crippen molar-refractivity contribution >= 4 is 11.0 Å². The van der Waals surface area contributed by atoms with Gasteiger partial charge in [0.05, 0.1) is 11.9 Å². The predicted molar refractivity (Wildman–Crippen MR) is 71.5 cm³/mol. The third kappa shape index (κ3) is 2.04. The Morgan fingerprint density at radius 2 is 2.17 bits per heavy atom. The Labute approximate surface area is 107 Å². The molecule has 0 atom stereocenters. The molecule has 18 heavy (non-hydrogen) atoms. The summed E-state index contributed by atoms with van der Waals surface area (Å²) in [5.74, 6) is 0. The van der Waals surface area contributed by atoms with Gasteiger partial charge in [-0.25, -0.2) is 0 Å². The van der Waals surface area contributed by atoms with Crippen LogP contribution in [0.4, 0.5) is 0 Å². The van der Waals surface area contributed by atoms with Crippen molar-refractivity contribution in [2.45, 2.75) is 31.4 Å². The zero-order valence-corrected chi connectivity index (χ0v) is 10.7. The summed E-state index contributed by atoms with van der Waals surface area (Å²) in [5, 5.41) is 4.69. The lowest BCUT2D eigenvalue weighted by Gasteiger charge is -2.40. The molecule has 0 bridgehead atoms. The molecule has 3 nitrogen and oxygen atoms in total. The number of hydrogen-bond donors (Lipinski definition) is 1. The Bertz CT molecular complexity index is 523. The second-order valence-corrected chi connectivity index (χ2v) is 5.10. The van der Waals surface area contributed by atoms with E-state index >= 15 is 0 Å². The van der Waals surface area contributed by atoms with E-state index < -0.39 is 0 Å². The molecular weight excluding hydrogens is 226 g/mol. The van der Waals surface area contributed by atoms with Crippen molar-refractivity contribution in [2.24, 2.45) is 0 Å². The van der Waals surface area contributed by atoms with E-state index in [1.54, 1.807) is 0 Å². The Hall–Kier alpha value is -1.32. The maximum Gasteiger partial charge on any atom is 0.134 e. The van der Waals surface area contributed by atoms with E-state index in [1.807, 2.05) is 31.6 Å². The number of fused-ring (bicyclic) bond motifs is 1. The second-order valence-electron chi connectivity index (χ2n) is 5.10. The minimum Gasteiger partial charge on any atom is -0.464 e. The lowest BCUT2D eigenvalue weighted by Crippen LogP contribution is -2.47. The molecule has 1 saturated carbocycles. The molecule has 1 heterocycles. The van der Waals surface area contributed by atoms with Gasteiger partial charge in [0.1, 0.15) is 5.58 Å². The van der Waals surface area contributed by atoms with Gasteiger partial charge in [-0.05, 0) is 25.3 Å². The molecule has 0 unspecified atom stereocenters. The zero-order chi connectivity index (χ0) is 12.4. The minimum atomic E-state index is 0.0829. The number of rotatable bonds is 5. The highest BCUT2D eigenvalue weighted by atomic mass is 16.5. The van der Waals surface area contributed by atoms with Gasteiger partial charge < -0.3 is 14.5 Å². The molecule has 0 spiro atoms. The van der Waals surface area contributed by atoms with Gasteiger partial charge in [0.2, 0.25) is 0 Å². The van der Waals surface area contributed by atoms with Gasteiger partial charge in [0, 0.05) is 31.1 Å². The highest BCUT2D eigenvalue weighted by Crippen LogP contribution is 2.34.